The maximum atomic E-state index is 13.7. The minimum Gasteiger partial charge on any atom is -0.505 e. The second-order valence-electron chi connectivity index (χ2n) is 8.71. The lowest BCUT2D eigenvalue weighted by atomic mass is 9.91. The highest BCUT2D eigenvalue weighted by atomic mass is 16.6. The third kappa shape index (κ3) is 4.27. The lowest BCUT2D eigenvalue weighted by molar-refractivity contribution is -0.384. The number of ether oxygens (including phenoxy) is 1. The van der Waals surface area contributed by atoms with Gasteiger partial charge in [-0.05, 0) is 36.4 Å². The molecule has 0 aliphatic heterocycles. The number of carbonyl (C=O) groups excluding carboxylic acids is 2. The molecule has 1 N–H and O–H groups in total. The number of para-hydroxylation sites is 1. The minimum absolute atomic E-state index is 0.0608. The van der Waals surface area contributed by atoms with Crippen LogP contribution in [-0.4, -0.2) is 42.5 Å². The molecule has 5 aromatic rings. The van der Waals surface area contributed by atoms with Crippen molar-refractivity contribution in [3.05, 3.63) is 124 Å². The summed E-state index contributed by atoms with van der Waals surface area (Å²) in [6.45, 7) is 0. The van der Waals surface area contributed by atoms with Gasteiger partial charge in [0.15, 0.2) is 5.76 Å². The normalized spacial score (nSPS) is 13.9. The number of rotatable bonds is 5. The molecule has 0 spiro atoms. The molecule has 0 amide bonds. The van der Waals surface area contributed by atoms with Gasteiger partial charge >= 0.3 is 5.97 Å². The number of nitrogens with zero attached hydrogens (tertiary/aromatic N) is 5. The number of nitro groups is 1. The smallest absolute Gasteiger partial charge is 0.343 e. The van der Waals surface area contributed by atoms with Crippen LogP contribution in [0.5, 0.6) is 5.75 Å². The van der Waals surface area contributed by atoms with Gasteiger partial charge in [0.05, 0.1) is 21.7 Å². The fourth-order valence-electron chi connectivity index (χ4n) is 4.33. The van der Waals surface area contributed by atoms with E-state index in [1.54, 1.807) is 60.7 Å². The van der Waals surface area contributed by atoms with Gasteiger partial charge in [-0.3, -0.25) is 14.9 Å². The summed E-state index contributed by atoms with van der Waals surface area (Å²) < 4.78 is 6.81. The van der Waals surface area contributed by atoms with Gasteiger partial charge in [0.2, 0.25) is 5.78 Å². The summed E-state index contributed by atoms with van der Waals surface area (Å²) in [7, 11) is 0. The number of benzene rings is 4. The molecule has 1 aliphatic rings. The molecule has 1 aromatic heterocycles. The van der Waals surface area contributed by atoms with E-state index in [9.17, 15) is 24.8 Å². The molecule has 0 saturated heterocycles. The molecule has 1 heterocycles. The van der Waals surface area contributed by atoms with Gasteiger partial charge in [-0.25, -0.2) is 14.5 Å². The zero-order valence-corrected chi connectivity index (χ0v) is 20.5. The van der Waals surface area contributed by atoms with Gasteiger partial charge in [0.25, 0.3) is 5.69 Å². The molecule has 0 saturated carbocycles. The summed E-state index contributed by atoms with van der Waals surface area (Å²) in [6.07, 6.45) is 0. The second-order valence-corrected chi connectivity index (χ2v) is 8.71. The summed E-state index contributed by atoms with van der Waals surface area (Å²) >= 11 is 0. The van der Waals surface area contributed by atoms with Gasteiger partial charge in [-0.2, -0.15) is 0 Å². The highest BCUT2D eigenvalue weighted by Crippen LogP contribution is 2.34. The van der Waals surface area contributed by atoms with Crippen LogP contribution in [0.4, 0.5) is 11.4 Å². The predicted octanol–water partition coefficient (Wildman–Crippen LogP) is 5.41. The molecule has 194 valence electrons. The van der Waals surface area contributed by atoms with Crippen LogP contribution < -0.4 is 4.74 Å². The first kappa shape index (κ1) is 24.4. The number of esters is 1. The highest BCUT2D eigenvalue weighted by Gasteiger charge is 2.33. The maximum Gasteiger partial charge on any atom is 0.343 e. The van der Waals surface area contributed by atoms with Crippen LogP contribution in [0.2, 0.25) is 0 Å². The number of allylic oxidation sites excluding steroid dienone is 1. The van der Waals surface area contributed by atoms with Crippen LogP contribution in [-0.2, 0) is 0 Å². The molecule has 0 radical (unpaired) electrons. The van der Waals surface area contributed by atoms with Crippen molar-refractivity contribution >= 4 is 51.3 Å². The van der Waals surface area contributed by atoms with Crippen molar-refractivity contribution in [1.82, 2.24) is 15.0 Å². The van der Waals surface area contributed by atoms with Gasteiger partial charge in [0, 0.05) is 29.3 Å². The average molecular weight is 531 g/mol. The molecule has 6 rings (SSSR count). The summed E-state index contributed by atoms with van der Waals surface area (Å²) in [4.78, 5) is 41.1. The number of non-ortho nitro benzene ring substituents is 1. The molecule has 11 heteroatoms. The zero-order chi connectivity index (χ0) is 27.8. The lowest BCUT2D eigenvalue weighted by Gasteiger charge is -2.20. The summed E-state index contributed by atoms with van der Waals surface area (Å²) in [5.41, 5.74) is 1.96. The number of ketones is 1. The predicted molar refractivity (Wildman–Crippen MR) is 146 cm³/mol. The number of fused-ring (bicyclic) bond motifs is 2. The van der Waals surface area contributed by atoms with E-state index in [2.05, 4.69) is 15.3 Å². The second kappa shape index (κ2) is 9.72. The Morgan fingerprint density at radius 3 is 2.42 bits per heavy atom. The Balaban J connectivity index is 1.40. The maximum absolute atomic E-state index is 13.7. The number of nitro benzene ring substituents is 1. The van der Waals surface area contributed by atoms with E-state index in [0.717, 1.165) is 0 Å². The molecule has 11 nitrogen and oxygen atoms in total. The van der Waals surface area contributed by atoms with Gasteiger partial charge in [0.1, 0.15) is 22.7 Å². The molecule has 0 fully saturated rings. The molecule has 0 unspecified atom stereocenters. The summed E-state index contributed by atoms with van der Waals surface area (Å²) in [5, 5.41) is 30.5. The van der Waals surface area contributed by atoms with Crippen LogP contribution in [0, 0.1) is 10.1 Å². The molecule has 1 aliphatic carbocycles. The van der Waals surface area contributed by atoms with Gasteiger partial charge in [-0.15, -0.1) is 5.10 Å². The van der Waals surface area contributed by atoms with E-state index in [4.69, 9.17) is 4.74 Å². The Morgan fingerprint density at radius 2 is 1.65 bits per heavy atom. The van der Waals surface area contributed by atoms with Crippen LogP contribution in [0.1, 0.15) is 26.3 Å². The number of aliphatic hydroxyl groups is 1. The largest absolute Gasteiger partial charge is 0.505 e. The van der Waals surface area contributed by atoms with Crippen molar-refractivity contribution in [2.75, 3.05) is 0 Å². The molecule has 0 atom stereocenters. The third-order valence-corrected chi connectivity index (χ3v) is 6.24. The number of aliphatic imine (C=N–C) groups is 1. The van der Waals surface area contributed by atoms with Crippen molar-refractivity contribution in [2.45, 2.75) is 0 Å². The minimum atomic E-state index is -0.727. The number of hydrogen-bond acceptors (Lipinski definition) is 9. The molecular formula is C29H17N5O6. The van der Waals surface area contributed by atoms with Crippen molar-refractivity contribution in [2.24, 2.45) is 4.99 Å². The number of aliphatic hydroxyl groups excluding tert-OH is 1. The fourth-order valence-corrected chi connectivity index (χ4v) is 4.33. The Bertz CT molecular complexity index is 1910. The van der Waals surface area contributed by atoms with Crippen molar-refractivity contribution in [3.8, 4) is 5.75 Å². The monoisotopic (exact) mass is 531 g/mol. The lowest BCUT2D eigenvalue weighted by Crippen LogP contribution is -2.27. The molecule has 4 aromatic carbocycles. The quantitative estimate of drug-likeness (QED) is 0.137. The number of aromatic nitrogens is 3. The zero-order valence-electron chi connectivity index (χ0n) is 20.5. The van der Waals surface area contributed by atoms with Crippen molar-refractivity contribution < 1.29 is 24.4 Å². The molecule has 40 heavy (non-hydrogen) atoms. The summed E-state index contributed by atoms with van der Waals surface area (Å²) in [5.74, 6) is -1.22. The first-order chi connectivity index (χ1) is 19.4. The number of hydrogen-bond donors (Lipinski definition) is 1. The molecule has 0 bridgehead atoms. The van der Waals surface area contributed by atoms with E-state index < -0.39 is 16.7 Å². The van der Waals surface area contributed by atoms with Crippen LogP contribution in [0.25, 0.3) is 22.5 Å². The van der Waals surface area contributed by atoms with E-state index in [1.807, 2.05) is 0 Å². The first-order valence-electron chi connectivity index (χ1n) is 11.9. The number of Topliss-reactive ketones (excluding diaryl/α,β-unsaturated/α-hetero) is 1. The van der Waals surface area contributed by atoms with Crippen LogP contribution >= 0.6 is 0 Å². The Kier molecular flexibility index (Phi) is 5.93. The standard InChI is InChI=1S/C29H17N5O6/c35-27-21-8-1-2-9-22(21)28(36)26(33-24-11-4-3-10-23(24)31-32-33)25(27)30-18-6-5-7-20(16-18)40-29(37)17-12-14-19(15-13-17)34(38)39/h1-16,36H. The highest BCUT2D eigenvalue weighted by molar-refractivity contribution is 6.62. The van der Waals surface area contributed by atoms with E-state index in [0.29, 0.717) is 16.6 Å². The SMILES string of the molecule is O=C(Oc1cccc(N=C2C(=O)c3ccccc3C(O)=C2n2nnc3ccccc32)c1)c1ccc([N+](=O)[O-])cc1. The van der Waals surface area contributed by atoms with Crippen molar-refractivity contribution in [3.63, 3.8) is 0 Å². The number of carbonyl (C=O) groups is 2. The topological polar surface area (TPSA) is 150 Å². The van der Waals surface area contributed by atoms with E-state index >= 15 is 0 Å². The van der Waals surface area contributed by atoms with E-state index in [1.165, 1.54) is 41.1 Å². The van der Waals surface area contributed by atoms with Crippen LogP contribution in [0.15, 0.2) is 102 Å². The Morgan fingerprint density at radius 1 is 0.925 bits per heavy atom. The first-order valence-corrected chi connectivity index (χ1v) is 11.9. The molecular weight excluding hydrogens is 514 g/mol. The average Bonchev–Trinajstić information content (AvgIpc) is 3.40. The van der Waals surface area contributed by atoms with Crippen molar-refractivity contribution in [1.29, 1.82) is 0 Å². The van der Waals surface area contributed by atoms with Gasteiger partial charge < -0.3 is 9.84 Å². The van der Waals surface area contributed by atoms with E-state index in [-0.39, 0.29) is 45.4 Å². The third-order valence-electron chi connectivity index (χ3n) is 6.24. The van der Waals surface area contributed by atoms with Gasteiger partial charge in [-0.1, -0.05) is 47.7 Å². The Hall–Kier alpha value is -5.97. The van der Waals surface area contributed by atoms with Crippen LogP contribution in [0.3, 0.4) is 0 Å². The summed E-state index contributed by atoms with van der Waals surface area (Å²) in [6, 6.07) is 24.9. The Labute approximate surface area is 225 Å². The fraction of sp³-hybridized carbons (Fsp3) is 0.